The zero-order valence-electron chi connectivity index (χ0n) is 10.2. The van der Waals surface area contributed by atoms with E-state index in [1.54, 1.807) is 0 Å². The Balaban J connectivity index is 1.79. The monoisotopic (exact) mass is 232 g/mol. The maximum Gasteiger partial charge on any atom is 0.0863 e. The van der Waals surface area contributed by atoms with Gasteiger partial charge in [0, 0.05) is 25.9 Å². The van der Waals surface area contributed by atoms with Crippen molar-refractivity contribution in [1.29, 1.82) is 0 Å². The maximum atomic E-state index is 8.71. The molecule has 2 heterocycles. The molecule has 2 aliphatic heterocycles. The van der Waals surface area contributed by atoms with Crippen molar-refractivity contribution in [2.24, 2.45) is 4.99 Å². The first-order chi connectivity index (χ1) is 8.42. The van der Waals surface area contributed by atoms with Gasteiger partial charge in [-0.1, -0.05) is 18.9 Å². The van der Waals surface area contributed by atoms with E-state index in [4.69, 9.17) is 5.11 Å². The van der Waals surface area contributed by atoms with Gasteiger partial charge in [0.25, 0.3) is 0 Å². The Kier molecular flexibility index (Phi) is 4.56. The molecule has 0 aromatic rings. The van der Waals surface area contributed by atoms with Gasteiger partial charge in [-0.3, -0.25) is 4.99 Å². The summed E-state index contributed by atoms with van der Waals surface area (Å²) in [5.41, 5.74) is 2.33. The third kappa shape index (κ3) is 3.30. The molecule has 92 valence electrons. The number of aliphatic imine (C=N–C) groups is 1. The normalized spacial score (nSPS) is 22.1. The molecule has 0 saturated heterocycles. The quantitative estimate of drug-likeness (QED) is 0.713. The molecule has 2 rings (SSSR count). The fourth-order valence-electron chi connectivity index (χ4n) is 2.17. The number of aliphatic hydroxyl groups excluding tert-OH is 1. The Bertz CT molecular complexity index is 352. The molecule has 1 N–H and O–H groups in total. The van der Waals surface area contributed by atoms with E-state index in [-0.39, 0.29) is 0 Å². The minimum absolute atomic E-state index is 0.320. The summed E-state index contributed by atoms with van der Waals surface area (Å²) in [4.78, 5) is 6.72. The number of hydrogen-bond acceptors (Lipinski definition) is 3. The van der Waals surface area contributed by atoms with Crippen LogP contribution in [0.4, 0.5) is 0 Å². The van der Waals surface area contributed by atoms with Crippen molar-refractivity contribution < 1.29 is 5.11 Å². The van der Waals surface area contributed by atoms with Crippen LogP contribution in [0, 0.1) is 0 Å². The molecule has 0 aromatic heterocycles. The van der Waals surface area contributed by atoms with Crippen molar-refractivity contribution in [2.45, 2.75) is 25.7 Å². The van der Waals surface area contributed by atoms with Crippen LogP contribution in [0.15, 0.2) is 40.7 Å². The molecule has 0 aromatic carbocycles. The summed E-state index contributed by atoms with van der Waals surface area (Å²) in [7, 11) is 0. The highest BCUT2D eigenvalue weighted by molar-refractivity contribution is 5.77. The molecular weight excluding hydrogens is 212 g/mol. The highest BCUT2D eigenvalue weighted by atomic mass is 16.2. The molecule has 2 aliphatic rings. The van der Waals surface area contributed by atoms with E-state index in [0.717, 1.165) is 31.6 Å². The highest BCUT2D eigenvalue weighted by Crippen LogP contribution is 2.22. The fourth-order valence-corrected chi connectivity index (χ4v) is 2.17. The van der Waals surface area contributed by atoms with Crippen LogP contribution in [-0.4, -0.2) is 35.9 Å². The standard InChI is InChI=1S/C14H20N2O/c17-12-4-2-1-3-10-16-11-6-8-14(16)13-7-5-9-15-13/h5-9,17H,1-4,10-12H2. The molecule has 3 nitrogen and oxygen atoms in total. The summed E-state index contributed by atoms with van der Waals surface area (Å²) in [6.07, 6.45) is 14.7. The molecule has 0 fully saturated rings. The first kappa shape index (κ1) is 12.1. The van der Waals surface area contributed by atoms with E-state index >= 15 is 0 Å². The van der Waals surface area contributed by atoms with Gasteiger partial charge in [-0.25, -0.2) is 0 Å². The van der Waals surface area contributed by atoms with E-state index in [0.29, 0.717) is 6.61 Å². The molecule has 0 spiro atoms. The average molecular weight is 232 g/mol. The minimum atomic E-state index is 0.320. The molecule has 0 saturated carbocycles. The Hall–Kier alpha value is -1.35. The van der Waals surface area contributed by atoms with Gasteiger partial charge < -0.3 is 10.0 Å². The van der Waals surface area contributed by atoms with Crippen molar-refractivity contribution in [1.82, 2.24) is 4.90 Å². The van der Waals surface area contributed by atoms with E-state index in [1.807, 2.05) is 12.3 Å². The summed E-state index contributed by atoms with van der Waals surface area (Å²) in [5.74, 6) is 0. The van der Waals surface area contributed by atoms with Crippen molar-refractivity contribution in [3.63, 3.8) is 0 Å². The molecule has 0 atom stereocenters. The van der Waals surface area contributed by atoms with Gasteiger partial charge in [-0.15, -0.1) is 0 Å². The van der Waals surface area contributed by atoms with E-state index < -0.39 is 0 Å². The second-order valence-electron chi connectivity index (χ2n) is 4.39. The van der Waals surface area contributed by atoms with E-state index in [2.05, 4.69) is 28.1 Å². The lowest BCUT2D eigenvalue weighted by Crippen LogP contribution is -2.20. The topological polar surface area (TPSA) is 35.8 Å². The molecule has 0 aliphatic carbocycles. The molecule has 0 bridgehead atoms. The summed E-state index contributed by atoms with van der Waals surface area (Å²) in [6.45, 7) is 2.41. The van der Waals surface area contributed by atoms with Crippen molar-refractivity contribution >= 4 is 6.21 Å². The van der Waals surface area contributed by atoms with Gasteiger partial charge in [-0.2, -0.15) is 0 Å². The largest absolute Gasteiger partial charge is 0.396 e. The summed E-state index contributed by atoms with van der Waals surface area (Å²) in [6, 6.07) is 0. The minimum Gasteiger partial charge on any atom is -0.396 e. The summed E-state index contributed by atoms with van der Waals surface area (Å²) in [5, 5.41) is 8.71. The lowest BCUT2D eigenvalue weighted by atomic mass is 10.2. The van der Waals surface area contributed by atoms with Gasteiger partial charge >= 0.3 is 0 Å². The van der Waals surface area contributed by atoms with Crippen LogP contribution in [0.2, 0.25) is 0 Å². The van der Waals surface area contributed by atoms with Crippen LogP contribution in [0.1, 0.15) is 25.7 Å². The Morgan fingerprint density at radius 1 is 1.18 bits per heavy atom. The van der Waals surface area contributed by atoms with Gasteiger partial charge in [0.05, 0.1) is 11.4 Å². The number of aliphatic hydroxyl groups is 1. The lowest BCUT2D eigenvalue weighted by Gasteiger charge is -2.20. The van der Waals surface area contributed by atoms with Crippen LogP contribution in [0.3, 0.4) is 0 Å². The number of unbranched alkanes of at least 4 members (excludes halogenated alkanes) is 3. The Morgan fingerprint density at radius 3 is 2.82 bits per heavy atom. The average Bonchev–Trinajstić information content (AvgIpc) is 2.98. The Morgan fingerprint density at radius 2 is 2.06 bits per heavy atom. The van der Waals surface area contributed by atoms with Crippen LogP contribution in [-0.2, 0) is 0 Å². The number of nitrogens with zero attached hydrogens (tertiary/aromatic N) is 2. The van der Waals surface area contributed by atoms with Crippen molar-refractivity contribution in [3.8, 4) is 0 Å². The maximum absolute atomic E-state index is 8.71. The van der Waals surface area contributed by atoms with Crippen LogP contribution < -0.4 is 0 Å². The third-order valence-corrected chi connectivity index (χ3v) is 3.09. The van der Waals surface area contributed by atoms with Crippen molar-refractivity contribution in [3.05, 3.63) is 35.7 Å². The molecule has 3 heteroatoms. The number of hydrogen-bond donors (Lipinski definition) is 1. The molecule has 0 radical (unpaired) electrons. The fraction of sp³-hybridized carbons (Fsp3) is 0.500. The van der Waals surface area contributed by atoms with Gasteiger partial charge in [0.15, 0.2) is 0 Å². The molecule has 0 unspecified atom stereocenters. The SMILES string of the molecule is OCCCCCCN1CC=CC1=C1C=CC=N1. The first-order valence-electron chi connectivity index (χ1n) is 6.39. The van der Waals surface area contributed by atoms with Gasteiger partial charge in [0.2, 0.25) is 0 Å². The first-order valence-corrected chi connectivity index (χ1v) is 6.39. The molecular formula is C14H20N2O. The second kappa shape index (κ2) is 6.40. The highest BCUT2D eigenvalue weighted by Gasteiger charge is 2.15. The number of rotatable bonds is 6. The van der Waals surface area contributed by atoms with Crippen LogP contribution in [0.5, 0.6) is 0 Å². The van der Waals surface area contributed by atoms with Crippen LogP contribution in [0.25, 0.3) is 0 Å². The molecule has 17 heavy (non-hydrogen) atoms. The summed E-state index contributed by atoms with van der Waals surface area (Å²) >= 11 is 0. The predicted molar refractivity (Wildman–Crippen MR) is 70.9 cm³/mol. The number of allylic oxidation sites excluding steroid dienone is 3. The van der Waals surface area contributed by atoms with Crippen LogP contribution >= 0.6 is 0 Å². The van der Waals surface area contributed by atoms with E-state index in [1.165, 1.54) is 18.5 Å². The Labute approximate surface area is 103 Å². The zero-order chi connectivity index (χ0) is 11.9. The van der Waals surface area contributed by atoms with Gasteiger partial charge in [-0.05, 0) is 31.1 Å². The second-order valence-corrected chi connectivity index (χ2v) is 4.39. The summed E-state index contributed by atoms with van der Waals surface area (Å²) < 4.78 is 0. The molecule has 0 amide bonds. The predicted octanol–water partition coefficient (Wildman–Crippen LogP) is 2.26. The van der Waals surface area contributed by atoms with Gasteiger partial charge in [0.1, 0.15) is 0 Å². The lowest BCUT2D eigenvalue weighted by molar-refractivity contribution is 0.280. The smallest absolute Gasteiger partial charge is 0.0863 e. The van der Waals surface area contributed by atoms with Crippen molar-refractivity contribution in [2.75, 3.05) is 19.7 Å². The van der Waals surface area contributed by atoms with E-state index in [9.17, 15) is 0 Å². The zero-order valence-corrected chi connectivity index (χ0v) is 10.2. The third-order valence-electron chi connectivity index (χ3n) is 3.09.